The second-order valence-corrected chi connectivity index (χ2v) is 7.34. The molecule has 0 radical (unpaired) electrons. The van der Waals surface area contributed by atoms with Crippen LogP contribution in [0.15, 0.2) is 42.5 Å². The molecule has 1 heterocycles. The van der Waals surface area contributed by atoms with Crippen molar-refractivity contribution in [2.24, 2.45) is 0 Å². The maximum Gasteiger partial charge on any atom is 0.344 e. The molecule has 0 bridgehead atoms. The first kappa shape index (κ1) is 23.1. The summed E-state index contributed by atoms with van der Waals surface area (Å²) in [5.74, 6) is -0.787. The summed E-state index contributed by atoms with van der Waals surface area (Å²) < 4.78 is 10.2. The van der Waals surface area contributed by atoms with Gasteiger partial charge in [-0.05, 0) is 55.0 Å². The lowest BCUT2D eigenvalue weighted by Gasteiger charge is -2.29. The van der Waals surface area contributed by atoms with E-state index in [0.29, 0.717) is 17.0 Å². The van der Waals surface area contributed by atoms with Gasteiger partial charge >= 0.3 is 5.97 Å². The predicted octanol–water partition coefficient (Wildman–Crippen LogP) is 1.32. The first-order valence-electron chi connectivity index (χ1n) is 10.4. The number of piperazine rings is 1. The third-order valence-corrected chi connectivity index (χ3v) is 5.06. The van der Waals surface area contributed by atoms with Gasteiger partial charge in [-0.15, -0.1) is 0 Å². The van der Waals surface area contributed by atoms with Crippen LogP contribution in [0.2, 0.25) is 0 Å². The number of aryl methyl sites for hydroxylation is 1. The lowest BCUT2D eigenvalue weighted by molar-refractivity contribution is -0.150. The number of amides is 2. The Morgan fingerprint density at radius 2 is 1.75 bits per heavy atom. The highest BCUT2D eigenvalue weighted by molar-refractivity contribution is 6.04. The Labute approximate surface area is 187 Å². The van der Waals surface area contributed by atoms with E-state index in [-0.39, 0.29) is 19.1 Å². The molecule has 0 spiro atoms. The molecule has 0 aliphatic carbocycles. The quantitative estimate of drug-likeness (QED) is 0.531. The van der Waals surface area contributed by atoms with E-state index in [2.05, 4.69) is 20.9 Å². The lowest BCUT2D eigenvalue weighted by atomic mass is 10.1. The Morgan fingerprint density at radius 3 is 2.41 bits per heavy atom. The monoisotopic (exact) mass is 440 g/mol. The van der Waals surface area contributed by atoms with Gasteiger partial charge in [0.2, 0.25) is 0 Å². The number of hydrogen-bond acceptors (Lipinski definition) is 7. The van der Waals surface area contributed by atoms with Gasteiger partial charge in [0.1, 0.15) is 5.75 Å². The minimum absolute atomic E-state index is 0.202. The maximum atomic E-state index is 12.6. The first-order chi connectivity index (χ1) is 15.5. The number of ether oxygens (including phenoxy) is 2. The van der Waals surface area contributed by atoms with Crippen molar-refractivity contribution >= 4 is 29.2 Å². The smallest absolute Gasteiger partial charge is 0.344 e. The fourth-order valence-corrected chi connectivity index (χ4v) is 3.21. The summed E-state index contributed by atoms with van der Waals surface area (Å²) >= 11 is 0. The molecule has 2 aromatic carbocycles. The standard InChI is InChI=1S/C23H28N4O5/c1-16-13-19(31-15-22(29)32-14-21(28)24-2)7-8-20(16)26-23(30)17-3-5-18(6-4-17)27-11-9-25-10-12-27/h3-8,13,25H,9-12,14-15H2,1-2H3,(H,24,28)(H,26,30). The molecule has 0 saturated carbocycles. The molecular weight excluding hydrogens is 412 g/mol. The van der Waals surface area contributed by atoms with Crippen molar-refractivity contribution in [1.82, 2.24) is 10.6 Å². The van der Waals surface area contributed by atoms with Crippen molar-refractivity contribution in [3.63, 3.8) is 0 Å². The van der Waals surface area contributed by atoms with Gasteiger partial charge in [0.05, 0.1) is 0 Å². The lowest BCUT2D eigenvalue weighted by Crippen LogP contribution is -2.43. The Hall–Kier alpha value is -3.59. The molecule has 1 aliphatic heterocycles. The number of rotatable bonds is 8. The molecule has 1 saturated heterocycles. The molecule has 9 heteroatoms. The van der Waals surface area contributed by atoms with Crippen LogP contribution in [-0.2, 0) is 14.3 Å². The minimum Gasteiger partial charge on any atom is -0.482 e. The van der Waals surface area contributed by atoms with Crippen molar-refractivity contribution < 1.29 is 23.9 Å². The minimum atomic E-state index is -0.645. The number of hydrogen-bond donors (Lipinski definition) is 3. The number of anilines is 2. The summed E-state index contributed by atoms with van der Waals surface area (Å²) in [6.45, 7) is 4.98. The highest BCUT2D eigenvalue weighted by Crippen LogP contribution is 2.23. The molecule has 2 amide bonds. The van der Waals surface area contributed by atoms with Gasteiger partial charge in [-0.25, -0.2) is 4.79 Å². The fourth-order valence-electron chi connectivity index (χ4n) is 3.21. The molecule has 9 nitrogen and oxygen atoms in total. The molecule has 170 valence electrons. The number of carbonyl (C=O) groups excluding carboxylic acids is 3. The molecule has 2 aromatic rings. The van der Waals surface area contributed by atoms with E-state index in [1.165, 1.54) is 7.05 Å². The van der Waals surface area contributed by atoms with E-state index in [0.717, 1.165) is 37.4 Å². The predicted molar refractivity (Wildman–Crippen MR) is 121 cm³/mol. The number of carbonyl (C=O) groups is 3. The molecule has 1 aliphatic rings. The van der Waals surface area contributed by atoms with E-state index in [4.69, 9.17) is 9.47 Å². The highest BCUT2D eigenvalue weighted by atomic mass is 16.6. The fraction of sp³-hybridized carbons (Fsp3) is 0.348. The summed E-state index contributed by atoms with van der Waals surface area (Å²) in [6.07, 6.45) is 0. The van der Waals surface area contributed by atoms with Crippen molar-refractivity contribution in [1.29, 1.82) is 0 Å². The van der Waals surface area contributed by atoms with Gasteiger partial charge in [0.15, 0.2) is 13.2 Å². The summed E-state index contributed by atoms with van der Waals surface area (Å²) in [6, 6.07) is 12.7. The van der Waals surface area contributed by atoms with Crippen molar-refractivity contribution in [2.75, 3.05) is 56.7 Å². The Morgan fingerprint density at radius 1 is 1.03 bits per heavy atom. The molecule has 0 atom stereocenters. The summed E-state index contributed by atoms with van der Waals surface area (Å²) in [4.78, 5) is 37.6. The van der Waals surface area contributed by atoms with Crippen LogP contribution in [-0.4, -0.2) is 64.2 Å². The van der Waals surface area contributed by atoms with Crippen LogP contribution in [0.3, 0.4) is 0 Å². The second-order valence-electron chi connectivity index (χ2n) is 7.34. The third-order valence-electron chi connectivity index (χ3n) is 5.06. The van der Waals surface area contributed by atoms with Gasteiger partial charge in [-0.1, -0.05) is 0 Å². The Kier molecular flexibility index (Phi) is 8.04. The SMILES string of the molecule is CNC(=O)COC(=O)COc1ccc(NC(=O)c2ccc(N3CCNCC3)cc2)c(C)c1. The maximum absolute atomic E-state index is 12.6. The van der Waals surface area contributed by atoms with E-state index in [1.807, 2.05) is 31.2 Å². The van der Waals surface area contributed by atoms with Gasteiger partial charge in [-0.2, -0.15) is 0 Å². The first-order valence-corrected chi connectivity index (χ1v) is 10.4. The number of esters is 1. The van der Waals surface area contributed by atoms with Crippen molar-refractivity contribution in [2.45, 2.75) is 6.92 Å². The molecular formula is C23H28N4O5. The van der Waals surface area contributed by atoms with E-state index >= 15 is 0 Å². The van der Waals surface area contributed by atoms with Gasteiger partial charge < -0.3 is 30.3 Å². The molecule has 3 N–H and O–H groups in total. The molecule has 0 unspecified atom stereocenters. The van der Waals surface area contributed by atoms with Gasteiger partial charge in [-0.3, -0.25) is 9.59 Å². The molecule has 0 aromatic heterocycles. The van der Waals surface area contributed by atoms with Crippen LogP contribution in [0.25, 0.3) is 0 Å². The molecule has 3 rings (SSSR count). The van der Waals surface area contributed by atoms with Crippen LogP contribution in [0, 0.1) is 6.92 Å². The zero-order chi connectivity index (χ0) is 22.9. The van der Waals surface area contributed by atoms with Crippen LogP contribution in [0.1, 0.15) is 15.9 Å². The van der Waals surface area contributed by atoms with Crippen molar-refractivity contribution in [3.8, 4) is 5.75 Å². The topological polar surface area (TPSA) is 109 Å². The molecule has 1 fully saturated rings. The number of benzene rings is 2. The van der Waals surface area contributed by atoms with Crippen LogP contribution >= 0.6 is 0 Å². The largest absolute Gasteiger partial charge is 0.482 e. The zero-order valence-corrected chi connectivity index (χ0v) is 18.3. The van der Waals surface area contributed by atoms with Crippen LogP contribution in [0.5, 0.6) is 5.75 Å². The highest BCUT2D eigenvalue weighted by Gasteiger charge is 2.13. The second kappa shape index (κ2) is 11.1. The van der Waals surface area contributed by atoms with Crippen molar-refractivity contribution in [3.05, 3.63) is 53.6 Å². The van der Waals surface area contributed by atoms with Gasteiger partial charge in [0, 0.05) is 50.2 Å². The number of likely N-dealkylation sites (N-methyl/N-ethyl adjacent to an activating group) is 1. The van der Waals surface area contributed by atoms with Gasteiger partial charge in [0.25, 0.3) is 11.8 Å². The normalized spacial score (nSPS) is 13.2. The average Bonchev–Trinajstić information content (AvgIpc) is 2.83. The van der Waals surface area contributed by atoms with E-state index < -0.39 is 11.9 Å². The summed E-state index contributed by atoms with van der Waals surface area (Å²) in [5, 5.41) is 8.58. The van der Waals surface area contributed by atoms with E-state index in [9.17, 15) is 14.4 Å². The third kappa shape index (κ3) is 6.45. The van der Waals surface area contributed by atoms with Crippen LogP contribution in [0.4, 0.5) is 11.4 Å². The van der Waals surface area contributed by atoms with E-state index in [1.54, 1.807) is 18.2 Å². The number of nitrogens with zero attached hydrogens (tertiary/aromatic N) is 1. The van der Waals surface area contributed by atoms with Crippen LogP contribution < -0.4 is 25.6 Å². The molecule has 32 heavy (non-hydrogen) atoms. The Balaban J connectivity index is 1.53. The zero-order valence-electron chi connectivity index (χ0n) is 18.3. The number of nitrogens with one attached hydrogen (secondary N) is 3. The Bertz CT molecular complexity index is 955. The summed E-state index contributed by atoms with van der Waals surface area (Å²) in [5.41, 5.74) is 3.11. The summed E-state index contributed by atoms with van der Waals surface area (Å²) in [7, 11) is 1.46. The average molecular weight is 441 g/mol.